The molecule has 1 aromatic carbocycles. The molecule has 1 heterocycles. The van der Waals surface area contributed by atoms with Crippen LogP contribution in [0, 0.1) is 5.82 Å². The van der Waals surface area contributed by atoms with E-state index < -0.39 is 6.04 Å². The number of benzene rings is 1. The smallest absolute Gasteiger partial charge is 0.131 e. The van der Waals surface area contributed by atoms with Crippen molar-refractivity contribution in [1.29, 1.82) is 0 Å². The molecule has 1 aromatic rings. The topological polar surface area (TPSA) is 53.7 Å². The van der Waals surface area contributed by atoms with E-state index in [0.717, 1.165) is 0 Å². The van der Waals surface area contributed by atoms with Crippen molar-refractivity contribution >= 4 is 0 Å². The van der Waals surface area contributed by atoms with Gasteiger partial charge in [-0.25, -0.2) is 4.39 Å². The van der Waals surface area contributed by atoms with Crippen LogP contribution < -0.4 is 10.5 Å². The second kappa shape index (κ2) is 5.44. The lowest BCUT2D eigenvalue weighted by Gasteiger charge is -2.28. The van der Waals surface area contributed by atoms with Gasteiger partial charge in [-0.2, -0.15) is 0 Å². The van der Waals surface area contributed by atoms with Crippen LogP contribution in [0.3, 0.4) is 0 Å². The van der Waals surface area contributed by atoms with Gasteiger partial charge >= 0.3 is 0 Å². The van der Waals surface area contributed by atoms with Gasteiger partial charge in [0.25, 0.3) is 0 Å². The Morgan fingerprint density at radius 3 is 2.88 bits per heavy atom. The lowest BCUT2D eigenvalue weighted by Crippen LogP contribution is -2.38. The molecule has 0 amide bonds. The minimum absolute atomic E-state index is 0.299. The van der Waals surface area contributed by atoms with Crippen molar-refractivity contribution in [2.45, 2.75) is 12.1 Å². The molecule has 1 aliphatic heterocycles. The zero-order valence-electron chi connectivity index (χ0n) is 9.69. The Morgan fingerprint density at radius 1 is 1.47 bits per heavy atom. The number of hydrogen-bond donors (Lipinski definition) is 1. The predicted molar refractivity (Wildman–Crippen MR) is 60.4 cm³/mol. The summed E-state index contributed by atoms with van der Waals surface area (Å²) in [6, 6.07) is 4.10. The van der Waals surface area contributed by atoms with E-state index in [0.29, 0.717) is 31.1 Å². The number of halogens is 1. The molecule has 1 saturated heterocycles. The van der Waals surface area contributed by atoms with Gasteiger partial charge < -0.3 is 19.9 Å². The second-order valence-corrected chi connectivity index (χ2v) is 3.90. The number of hydrogen-bond acceptors (Lipinski definition) is 4. The van der Waals surface area contributed by atoms with Gasteiger partial charge in [0.2, 0.25) is 0 Å². The van der Waals surface area contributed by atoms with Crippen molar-refractivity contribution in [2.75, 3.05) is 26.9 Å². The van der Waals surface area contributed by atoms with Crippen LogP contribution in [-0.2, 0) is 9.47 Å². The van der Waals surface area contributed by atoms with E-state index in [1.807, 2.05) is 0 Å². The van der Waals surface area contributed by atoms with Crippen molar-refractivity contribution < 1.29 is 18.6 Å². The van der Waals surface area contributed by atoms with Crippen LogP contribution in [0.25, 0.3) is 0 Å². The first kappa shape index (κ1) is 12.3. The van der Waals surface area contributed by atoms with Crippen molar-refractivity contribution in [3.05, 3.63) is 29.6 Å². The molecule has 0 radical (unpaired) electrons. The van der Waals surface area contributed by atoms with Gasteiger partial charge in [-0.05, 0) is 6.07 Å². The molecular formula is C12H16FNO3. The maximum absolute atomic E-state index is 13.8. The fourth-order valence-electron chi connectivity index (χ4n) is 1.82. The molecule has 0 saturated carbocycles. The van der Waals surface area contributed by atoms with Gasteiger partial charge in [-0.15, -0.1) is 0 Å². The monoisotopic (exact) mass is 241 g/mol. The number of rotatable bonds is 3. The Bertz CT molecular complexity index is 380. The minimum atomic E-state index is -0.527. The summed E-state index contributed by atoms with van der Waals surface area (Å²) < 4.78 is 29.4. The number of ether oxygens (including phenoxy) is 3. The molecule has 0 bridgehead atoms. The van der Waals surface area contributed by atoms with Crippen LogP contribution in [0.2, 0.25) is 0 Å². The summed E-state index contributed by atoms with van der Waals surface area (Å²) in [6.45, 7) is 1.46. The minimum Gasteiger partial charge on any atom is -0.497 e. The fraction of sp³-hybridized carbons (Fsp3) is 0.500. The Labute approximate surface area is 99.5 Å². The highest BCUT2D eigenvalue weighted by molar-refractivity contribution is 5.31. The van der Waals surface area contributed by atoms with Gasteiger partial charge in [-0.1, -0.05) is 6.07 Å². The second-order valence-electron chi connectivity index (χ2n) is 3.90. The van der Waals surface area contributed by atoms with E-state index >= 15 is 0 Å². The van der Waals surface area contributed by atoms with E-state index in [4.69, 9.17) is 19.9 Å². The molecule has 0 aliphatic carbocycles. The molecule has 1 aliphatic rings. The summed E-state index contributed by atoms with van der Waals surface area (Å²) in [6.07, 6.45) is -0.299. The van der Waals surface area contributed by atoms with Crippen LogP contribution in [0.4, 0.5) is 4.39 Å². The van der Waals surface area contributed by atoms with Crippen LogP contribution in [0.15, 0.2) is 18.2 Å². The summed E-state index contributed by atoms with van der Waals surface area (Å²) in [7, 11) is 1.49. The Balaban J connectivity index is 2.15. The summed E-state index contributed by atoms with van der Waals surface area (Å²) in [5, 5.41) is 0. The third-order valence-electron chi connectivity index (χ3n) is 2.81. The van der Waals surface area contributed by atoms with Crippen molar-refractivity contribution in [2.24, 2.45) is 5.73 Å². The van der Waals surface area contributed by atoms with Gasteiger partial charge in [0, 0.05) is 11.6 Å². The van der Waals surface area contributed by atoms with Crippen LogP contribution in [-0.4, -0.2) is 33.0 Å². The normalized spacial score (nSPS) is 22.2. The molecule has 2 atom stereocenters. The molecule has 0 spiro atoms. The Hall–Kier alpha value is -1.17. The zero-order chi connectivity index (χ0) is 12.3. The van der Waals surface area contributed by atoms with Crippen LogP contribution in [0.1, 0.15) is 11.6 Å². The highest BCUT2D eigenvalue weighted by atomic mass is 19.1. The first-order chi connectivity index (χ1) is 8.22. The van der Waals surface area contributed by atoms with Gasteiger partial charge in [-0.3, -0.25) is 0 Å². The lowest BCUT2D eigenvalue weighted by atomic mass is 10.0. The molecule has 1 fully saturated rings. The Morgan fingerprint density at radius 2 is 2.29 bits per heavy atom. The van der Waals surface area contributed by atoms with E-state index in [1.54, 1.807) is 12.1 Å². The molecule has 2 rings (SSSR count). The Kier molecular flexibility index (Phi) is 3.93. The van der Waals surface area contributed by atoms with Gasteiger partial charge in [0.05, 0.1) is 33.0 Å². The maximum atomic E-state index is 13.8. The summed E-state index contributed by atoms with van der Waals surface area (Å²) in [4.78, 5) is 0. The zero-order valence-corrected chi connectivity index (χ0v) is 9.69. The molecular weight excluding hydrogens is 225 g/mol. The average Bonchev–Trinajstić information content (AvgIpc) is 2.39. The van der Waals surface area contributed by atoms with Crippen molar-refractivity contribution in [3.63, 3.8) is 0 Å². The first-order valence-electron chi connectivity index (χ1n) is 5.50. The SMILES string of the molecule is COc1ccc(C(N)C2COCCO2)c(F)c1. The molecule has 2 N–H and O–H groups in total. The fourth-order valence-corrected chi connectivity index (χ4v) is 1.82. The van der Waals surface area contributed by atoms with Crippen molar-refractivity contribution in [3.8, 4) is 5.75 Å². The van der Waals surface area contributed by atoms with Crippen LogP contribution in [0.5, 0.6) is 5.75 Å². The van der Waals surface area contributed by atoms with Gasteiger partial charge in [0.15, 0.2) is 0 Å². The molecule has 0 aromatic heterocycles. The molecule has 94 valence electrons. The quantitative estimate of drug-likeness (QED) is 0.865. The summed E-state index contributed by atoms with van der Waals surface area (Å²) >= 11 is 0. The molecule has 2 unspecified atom stereocenters. The largest absolute Gasteiger partial charge is 0.497 e. The summed E-state index contributed by atoms with van der Waals surface area (Å²) in [5.74, 6) is 0.0882. The van der Waals surface area contributed by atoms with E-state index in [2.05, 4.69) is 0 Å². The highest BCUT2D eigenvalue weighted by Gasteiger charge is 2.25. The molecule has 4 nitrogen and oxygen atoms in total. The third-order valence-corrected chi connectivity index (χ3v) is 2.81. The molecule has 17 heavy (non-hydrogen) atoms. The predicted octanol–water partition coefficient (Wildman–Crippen LogP) is 1.25. The first-order valence-corrected chi connectivity index (χ1v) is 5.50. The van der Waals surface area contributed by atoms with E-state index in [9.17, 15) is 4.39 Å². The molecule has 5 heteroatoms. The van der Waals surface area contributed by atoms with Crippen molar-refractivity contribution in [1.82, 2.24) is 0 Å². The van der Waals surface area contributed by atoms with Crippen LogP contribution >= 0.6 is 0 Å². The lowest BCUT2D eigenvalue weighted by molar-refractivity contribution is -0.0978. The summed E-state index contributed by atoms with van der Waals surface area (Å²) in [5.41, 5.74) is 6.39. The van der Waals surface area contributed by atoms with E-state index in [-0.39, 0.29) is 11.9 Å². The highest BCUT2D eigenvalue weighted by Crippen LogP contribution is 2.24. The number of nitrogens with two attached hydrogens (primary N) is 1. The average molecular weight is 241 g/mol. The number of methoxy groups -OCH3 is 1. The third kappa shape index (κ3) is 2.74. The maximum Gasteiger partial charge on any atom is 0.131 e. The van der Waals surface area contributed by atoms with Gasteiger partial charge in [0.1, 0.15) is 17.7 Å². The van der Waals surface area contributed by atoms with E-state index in [1.165, 1.54) is 13.2 Å². The standard InChI is InChI=1S/C12H16FNO3/c1-15-8-2-3-9(10(13)6-8)12(14)11-7-16-4-5-17-11/h2-3,6,11-12H,4-5,7,14H2,1H3.